The minimum atomic E-state index is -0.733. The zero-order valence-corrected chi connectivity index (χ0v) is 16.5. The molecule has 2 aromatic carbocycles. The van der Waals surface area contributed by atoms with E-state index < -0.39 is 6.04 Å². The number of carbonyl (C=O) groups excluding carboxylic acids is 2. The normalized spacial score (nSPS) is 11.6. The maximum Gasteiger partial charge on any atom is 0.251 e. The third-order valence-electron chi connectivity index (χ3n) is 4.01. The summed E-state index contributed by atoms with van der Waals surface area (Å²) in [6.45, 7) is 3.71. The fraction of sp³-hybridized carbons (Fsp3) is 0.300. The Kier molecular flexibility index (Phi) is 7.07. The zero-order chi connectivity index (χ0) is 20.0. The molecule has 2 aromatic rings. The smallest absolute Gasteiger partial charge is 0.251 e. The second-order valence-electron chi connectivity index (χ2n) is 6.26. The number of nitrogens with one attached hydrogen (secondary N) is 2. The lowest BCUT2D eigenvalue weighted by Crippen LogP contribution is -2.47. The van der Waals surface area contributed by atoms with Crippen LogP contribution in [0.3, 0.4) is 0 Å². The van der Waals surface area contributed by atoms with Gasteiger partial charge in [-0.2, -0.15) is 0 Å². The molecule has 6 nitrogen and oxygen atoms in total. The van der Waals surface area contributed by atoms with Crippen molar-refractivity contribution in [2.45, 2.75) is 19.9 Å². The van der Waals surface area contributed by atoms with Crippen LogP contribution in [0.4, 0.5) is 5.69 Å². The summed E-state index contributed by atoms with van der Waals surface area (Å²) in [6, 6.07) is 10.9. The molecule has 0 aromatic heterocycles. The van der Waals surface area contributed by atoms with Crippen LogP contribution in [0, 0.1) is 5.92 Å². The maximum absolute atomic E-state index is 12.8. The van der Waals surface area contributed by atoms with Gasteiger partial charge in [0.2, 0.25) is 5.91 Å². The summed E-state index contributed by atoms with van der Waals surface area (Å²) in [5.74, 6) is 0.309. The molecule has 144 valence electrons. The highest BCUT2D eigenvalue weighted by Gasteiger charge is 2.25. The predicted molar refractivity (Wildman–Crippen MR) is 106 cm³/mol. The van der Waals surface area contributed by atoms with Gasteiger partial charge < -0.3 is 20.1 Å². The van der Waals surface area contributed by atoms with Gasteiger partial charge in [-0.25, -0.2) is 0 Å². The Hall–Kier alpha value is -2.73. The molecule has 0 spiro atoms. The molecule has 0 saturated heterocycles. The first-order chi connectivity index (χ1) is 12.8. The standard InChI is InChI=1S/C20H23ClN2O4/c1-12(2)18(23-19(24)13-5-8-15(26-3)9-6-13)20(25)22-16-11-14(21)7-10-17(16)27-4/h5-12,18H,1-4H3,(H,22,25)(H,23,24). The fourth-order valence-corrected chi connectivity index (χ4v) is 2.66. The van der Waals surface area contributed by atoms with Gasteiger partial charge in [0.25, 0.3) is 5.91 Å². The van der Waals surface area contributed by atoms with Crippen molar-refractivity contribution in [1.29, 1.82) is 0 Å². The molecule has 0 aliphatic heterocycles. The van der Waals surface area contributed by atoms with Crippen LogP contribution in [-0.4, -0.2) is 32.1 Å². The Balaban J connectivity index is 2.15. The van der Waals surface area contributed by atoms with E-state index in [0.717, 1.165) is 0 Å². The van der Waals surface area contributed by atoms with Crippen molar-refractivity contribution in [3.63, 3.8) is 0 Å². The molecule has 1 unspecified atom stereocenters. The predicted octanol–water partition coefficient (Wildman–Crippen LogP) is 3.75. The number of amides is 2. The Morgan fingerprint density at radius 1 is 1.00 bits per heavy atom. The SMILES string of the molecule is COc1ccc(C(=O)NC(C(=O)Nc2cc(Cl)ccc2OC)C(C)C)cc1. The van der Waals surface area contributed by atoms with Gasteiger partial charge in [0.15, 0.2) is 0 Å². The second-order valence-corrected chi connectivity index (χ2v) is 6.69. The molecule has 0 radical (unpaired) electrons. The first-order valence-electron chi connectivity index (χ1n) is 8.45. The molecule has 0 saturated carbocycles. The van der Waals surface area contributed by atoms with Crippen molar-refractivity contribution >= 4 is 29.1 Å². The van der Waals surface area contributed by atoms with Crippen molar-refractivity contribution < 1.29 is 19.1 Å². The molecule has 27 heavy (non-hydrogen) atoms. The molecule has 0 fully saturated rings. The summed E-state index contributed by atoms with van der Waals surface area (Å²) in [7, 11) is 3.06. The maximum atomic E-state index is 12.8. The average molecular weight is 391 g/mol. The molecule has 2 N–H and O–H groups in total. The number of hydrogen-bond acceptors (Lipinski definition) is 4. The number of carbonyl (C=O) groups is 2. The lowest BCUT2D eigenvalue weighted by molar-refractivity contribution is -0.118. The molecule has 0 aliphatic rings. The second kappa shape index (κ2) is 9.28. The summed E-state index contributed by atoms with van der Waals surface area (Å²) in [5, 5.41) is 6.02. The van der Waals surface area contributed by atoms with Crippen LogP contribution in [0.5, 0.6) is 11.5 Å². The van der Waals surface area contributed by atoms with Crippen LogP contribution < -0.4 is 20.1 Å². The van der Waals surface area contributed by atoms with Crippen LogP contribution >= 0.6 is 11.6 Å². The van der Waals surface area contributed by atoms with Crippen molar-refractivity contribution in [3.05, 3.63) is 53.1 Å². The van der Waals surface area contributed by atoms with E-state index in [0.29, 0.717) is 27.8 Å². The first-order valence-corrected chi connectivity index (χ1v) is 8.82. The van der Waals surface area contributed by atoms with Crippen LogP contribution in [0.2, 0.25) is 5.02 Å². The number of benzene rings is 2. The van der Waals surface area contributed by atoms with Gasteiger partial charge in [-0.3, -0.25) is 9.59 Å². The molecule has 1 atom stereocenters. The van der Waals surface area contributed by atoms with Crippen LogP contribution in [0.25, 0.3) is 0 Å². The monoisotopic (exact) mass is 390 g/mol. The molecular weight excluding hydrogens is 368 g/mol. The Morgan fingerprint density at radius 3 is 2.22 bits per heavy atom. The van der Waals surface area contributed by atoms with E-state index in [1.54, 1.807) is 49.6 Å². The van der Waals surface area contributed by atoms with Gasteiger partial charge in [-0.1, -0.05) is 25.4 Å². The summed E-state index contributed by atoms with van der Waals surface area (Å²) in [6.07, 6.45) is 0. The summed E-state index contributed by atoms with van der Waals surface area (Å²) in [4.78, 5) is 25.3. The van der Waals surface area contributed by atoms with Gasteiger partial charge in [-0.15, -0.1) is 0 Å². The van der Waals surface area contributed by atoms with Gasteiger partial charge >= 0.3 is 0 Å². The number of methoxy groups -OCH3 is 2. The summed E-state index contributed by atoms with van der Waals surface area (Å²) >= 11 is 6.00. The highest BCUT2D eigenvalue weighted by atomic mass is 35.5. The highest BCUT2D eigenvalue weighted by molar-refractivity contribution is 6.31. The minimum Gasteiger partial charge on any atom is -0.497 e. The van der Waals surface area contributed by atoms with Crippen LogP contribution in [-0.2, 0) is 4.79 Å². The quantitative estimate of drug-likeness (QED) is 0.754. The van der Waals surface area contributed by atoms with Crippen LogP contribution in [0.15, 0.2) is 42.5 Å². The van der Waals surface area contributed by atoms with Gasteiger partial charge in [0.05, 0.1) is 19.9 Å². The van der Waals surface area contributed by atoms with Crippen molar-refractivity contribution in [2.24, 2.45) is 5.92 Å². The molecule has 0 bridgehead atoms. The topological polar surface area (TPSA) is 76.7 Å². The van der Waals surface area contributed by atoms with Gasteiger partial charge in [-0.05, 0) is 48.4 Å². The molecular formula is C20H23ClN2O4. The number of hydrogen-bond donors (Lipinski definition) is 2. The fourth-order valence-electron chi connectivity index (χ4n) is 2.49. The average Bonchev–Trinajstić information content (AvgIpc) is 2.65. The zero-order valence-electron chi connectivity index (χ0n) is 15.7. The summed E-state index contributed by atoms with van der Waals surface area (Å²) < 4.78 is 10.3. The van der Waals surface area contributed by atoms with E-state index in [9.17, 15) is 9.59 Å². The van der Waals surface area contributed by atoms with E-state index in [1.807, 2.05) is 13.8 Å². The van der Waals surface area contributed by atoms with E-state index in [-0.39, 0.29) is 17.7 Å². The van der Waals surface area contributed by atoms with E-state index >= 15 is 0 Å². The van der Waals surface area contributed by atoms with Crippen molar-refractivity contribution in [3.8, 4) is 11.5 Å². The molecule has 0 aliphatic carbocycles. The third-order valence-corrected chi connectivity index (χ3v) is 4.24. The van der Waals surface area contributed by atoms with Gasteiger partial charge in [0, 0.05) is 10.6 Å². The Morgan fingerprint density at radius 2 is 1.67 bits per heavy atom. The Labute approximate surface area is 163 Å². The number of ether oxygens (including phenoxy) is 2. The first kappa shape index (κ1) is 20.6. The number of rotatable bonds is 7. The largest absolute Gasteiger partial charge is 0.497 e. The summed E-state index contributed by atoms with van der Waals surface area (Å²) in [5.41, 5.74) is 0.883. The van der Waals surface area contributed by atoms with Crippen LogP contribution in [0.1, 0.15) is 24.2 Å². The lowest BCUT2D eigenvalue weighted by atomic mass is 10.0. The lowest BCUT2D eigenvalue weighted by Gasteiger charge is -2.22. The number of halogens is 1. The van der Waals surface area contributed by atoms with E-state index in [2.05, 4.69) is 10.6 Å². The Bertz CT molecular complexity index is 806. The molecule has 0 heterocycles. The minimum absolute atomic E-state index is 0.127. The highest BCUT2D eigenvalue weighted by Crippen LogP contribution is 2.28. The third kappa shape index (κ3) is 5.37. The van der Waals surface area contributed by atoms with Crippen molar-refractivity contribution in [2.75, 3.05) is 19.5 Å². The molecule has 2 amide bonds. The molecule has 2 rings (SSSR count). The van der Waals surface area contributed by atoms with Gasteiger partial charge in [0.1, 0.15) is 17.5 Å². The number of anilines is 1. The van der Waals surface area contributed by atoms with Crippen molar-refractivity contribution in [1.82, 2.24) is 5.32 Å². The van der Waals surface area contributed by atoms with E-state index in [1.165, 1.54) is 7.11 Å². The molecule has 7 heteroatoms. The van der Waals surface area contributed by atoms with E-state index in [4.69, 9.17) is 21.1 Å².